The van der Waals surface area contributed by atoms with E-state index in [2.05, 4.69) is 15.4 Å². The van der Waals surface area contributed by atoms with Crippen LogP contribution in [0.25, 0.3) is 0 Å². The lowest BCUT2D eigenvalue weighted by molar-refractivity contribution is -0.121. The Kier molecular flexibility index (Phi) is 5.05. The molecule has 0 fully saturated rings. The molecular weight excluding hydrogens is 320 g/mol. The monoisotopic (exact) mass is 340 g/mol. The van der Waals surface area contributed by atoms with E-state index < -0.39 is 0 Å². The molecule has 1 N–H and O–H groups in total. The van der Waals surface area contributed by atoms with E-state index in [1.807, 2.05) is 61.1 Å². The summed E-state index contributed by atoms with van der Waals surface area (Å²) in [5, 5.41) is 8.38. The van der Waals surface area contributed by atoms with Crippen molar-refractivity contribution in [2.45, 2.75) is 32.9 Å². The Morgan fingerprint density at radius 2 is 2.04 bits per heavy atom. The fourth-order valence-corrected chi connectivity index (χ4v) is 3.58. The van der Waals surface area contributed by atoms with Crippen LogP contribution in [0.5, 0.6) is 0 Å². The van der Waals surface area contributed by atoms with E-state index in [-0.39, 0.29) is 11.9 Å². The SMILES string of the molecule is Cc1nc(C)c(CC(=O)N[C@@H](Cn2cccn2)c2ccccc2)s1. The van der Waals surface area contributed by atoms with Crippen LogP contribution in [-0.4, -0.2) is 20.7 Å². The maximum Gasteiger partial charge on any atom is 0.225 e. The molecule has 0 radical (unpaired) electrons. The number of aromatic nitrogens is 3. The summed E-state index contributed by atoms with van der Waals surface area (Å²) in [4.78, 5) is 17.9. The number of thiazole rings is 1. The molecule has 2 heterocycles. The molecule has 6 heteroatoms. The van der Waals surface area contributed by atoms with E-state index in [1.165, 1.54) is 0 Å². The highest BCUT2D eigenvalue weighted by Gasteiger charge is 2.17. The van der Waals surface area contributed by atoms with E-state index in [4.69, 9.17) is 0 Å². The second-order valence-electron chi connectivity index (χ2n) is 5.68. The van der Waals surface area contributed by atoms with Crippen LogP contribution in [-0.2, 0) is 17.8 Å². The number of carbonyl (C=O) groups is 1. The predicted molar refractivity (Wildman–Crippen MR) is 94.8 cm³/mol. The third kappa shape index (κ3) is 4.08. The number of nitrogens with zero attached hydrogens (tertiary/aromatic N) is 3. The Labute approximate surface area is 145 Å². The van der Waals surface area contributed by atoms with Crippen LogP contribution in [0.3, 0.4) is 0 Å². The minimum atomic E-state index is -0.118. The Bertz CT molecular complexity index is 796. The van der Waals surface area contributed by atoms with Gasteiger partial charge in [0.05, 0.1) is 29.7 Å². The Morgan fingerprint density at radius 3 is 2.67 bits per heavy atom. The van der Waals surface area contributed by atoms with Crippen LogP contribution in [0.15, 0.2) is 48.8 Å². The molecule has 1 atom stereocenters. The van der Waals surface area contributed by atoms with Gasteiger partial charge in [0.2, 0.25) is 5.91 Å². The molecule has 3 aromatic rings. The number of aryl methyl sites for hydroxylation is 2. The Hall–Kier alpha value is -2.47. The molecule has 0 aliphatic heterocycles. The highest BCUT2D eigenvalue weighted by molar-refractivity contribution is 7.11. The smallest absolute Gasteiger partial charge is 0.225 e. The standard InChI is InChI=1S/C18H20N4OS/c1-13-17(24-14(2)20-13)11-18(23)21-16(12-22-10-6-9-19-22)15-7-4-3-5-8-15/h3-10,16H,11-12H2,1-2H3,(H,21,23)/t16-/m0/s1. The van der Waals surface area contributed by atoms with Gasteiger partial charge in [0.1, 0.15) is 0 Å². The molecule has 24 heavy (non-hydrogen) atoms. The van der Waals surface area contributed by atoms with Crippen molar-refractivity contribution < 1.29 is 4.79 Å². The molecule has 124 valence electrons. The number of amides is 1. The average Bonchev–Trinajstić information content (AvgIpc) is 3.17. The molecule has 0 aliphatic rings. The lowest BCUT2D eigenvalue weighted by Crippen LogP contribution is -2.32. The number of rotatable bonds is 6. The first-order valence-corrected chi connectivity index (χ1v) is 8.68. The van der Waals surface area contributed by atoms with Crippen LogP contribution in [0.2, 0.25) is 0 Å². The zero-order valence-electron chi connectivity index (χ0n) is 13.8. The van der Waals surface area contributed by atoms with E-state index >= 15 is 0 Å². The fourth-order valence-electron chi connectivity index (χ4n) is 2.64. The summed E-state index contributed by atoms with van der Waals surface area (Å²) in [7, 11) is 0. The summed E-state index contributed by atoms with van der Waals surface area (Å²) in [6.07, 6.45) is 4.01. The van der Waals surface area contributed by atoms with E-state index in [0.717, 1.165) is 21.1 Å². The van der Waals surface area contributed by atoms with Gasteiger partial charge in [-0.15, -0.1) is 11.3 Å². The van der Waals surface area contributed by atoms with E-state index in [1.54, 1.807) is 17.5 Å². The summed E-state index contributed by atoms with van der Waals surface area (Å²) >= 11 is 1.58. The second kappa shape index (κ2) is 7.40. The lowest BCUT2D eigenvalue weighted by atomic mass is 10.1. The van der Waals surface area contributed by atoms with Gasteiger partial charge in [-0.25, -0.2) is 4.98 Å². The molecule has 0 bridgehead atoms. The zero-order valence-corrected chi connectivity index (χ0v) is 14.6. The summed E-state index contributed by atoms with van der Waals surface area (Å²) < 4.78 is 1.83. The number of hydrogen-bond donors (Lipinski definition) is 1. The summed E-state index contributed by atoms with van der Waals surface area (Å²) in [5.74, 6) is 0.00255. The molecule has 0 saturated heterocycles. The molecule has 0 saturated carbocycles. The first-order chi connectivity index (χ1) is 11.6. The number of hydrogen-bond acceptors (Lipinski definition) is 4. The van der Waals surface area contributed by atoms with Crippen molar-refractivity contribution >= 4 is 17.2 Å². The quantitative estimate of drug-likeness (QED) is 0.750. The largest absolute Gasteiger partial charge is 0.347 e. The third-order valence-corrected chi connectivity index (χ3v) is 4.86. The topological polar surface area (TPSA) is 59.8 Å². The van der Waals surface area contributed by atoms with Gasteiger partial charge in [-0.1, -0.05) is 30.3 Å². The van der Waals surface area contributed by atoms with Crippen molar-refractivity contribution in [3.8, 4) is 0 Å². The van der Waals surface area contributed by atoms with Gasteiger partial charge >= 0.3 is 0 Å². The minimum Gasteiger partial charge on any atom is -0.347 e. The van der Waals surface area contributed by atoms with Crippen molar-refractivity contribution in [2.24, 2.45) is 0 Å². The summed E-state index contributed by atoms with van der Waals surface area (Å²) in [6, 6.07) is 11.7. The van der Waals surface area contributed by atoms with Crippen LogP contribution in [0, 0.1) is 13.8 Å². The van der Waals surface area contributed by atoms with Gasteiger partial charge in [0.25, 0.3) is 0 Å². The van der Waals surface area contributed by atoms with Gasteiger partial charge in [-0.2, -0.15) is 5.10 Å². The molecule has 1 aromatic carbocycles. The molecular formula is C18H20N4OS. The predicted octanol–water partition coefficient (Wildman–Crippen LogP) is 3.06. The molecule has 0 aliphatic carbocycles. The van der Waals surface area contributed by atoms with Gasteiger partial charge in [0, 0.05) is 17.3 Å². The molecule has 5 nitrogen and oxygen atoms in total. The van der Waals surface area contributed by atoms with Gasteiger partial charge in [-0.05, 0) is 25.5 Å². The Balaban J connectivity index is 1.73. The molecule has 3 rings (SSSR count). The molecule has 2 aromatic heterocycles. The number of nitrogens with one attached hydrogen (secondary N) is 1. The van der Waals surface area contributed by atoms with Gasteiger partial charge in [0.15, 0.2) is 0 Å². The van der Waals surface area contributed by atoms with Crippen molar-refractivity contribution in [3.63, 3.8) is 0 Å². The second-order valence-corrected chi connectivity index (χ2v) is 6.96. The van der Waals surface area contributed by atoms with Crippen LogP contribution >= 0.6 is 11.3 Å². The van der Waals surface area contributed by atoms with E-state index in [9.17, 15) is 4.79 Å². The highest BCUT2D eigenvalue weighted by Crippen LogP contribution is 2.19. The number of carbonyl (C=O) groups excluding carboxylic acids is 1. The lowest BCUT2D eigenvalue weighted by Gasteiger charge is -2.19. The first kappa shape index (κ1) is 16.4. The minimum absolute atomic E-state index is 0.00255. The van der Waals surface area contributed by atoms with Crippen molar-refractivity contribution in [2.75, 3.05) is 0 Å². The molecule has 0 spiro atoms. The van der Waals surface area contributed by atoms with Crippen molar-refractivity contribution in [1.82, 2.24) is 20.1 Å². The fraction of sp³-hybridized carbons (Fsp3) is 0.278. The van der Waals surface area contributed by atoms with Crippen LogP contribution in [0.4, 0.5) is 0 Å². The third-order valence-electron chi connectivity index (χ3n) is 3.79. The Morgan fingerprint density at radius 1 is 1.25 bits per heavy atom. The average molecular weight is 340 g/mol. The van der Waals surface area contributed by atoms with E-state index in [0.29, 0.717) is 13.0 Å². The van der Waals surface area contributed by atoms with Crippen LogP contribution in [0.1, 0.15) is 27.2 Å². The summed E-state index contributed by atoms with van der Waals surface area (Å²) in [5.41, 5.74) is 2.01. The molecule has 0 unspecified atom stereocenters. The number of benzene rings is 1. The zero-order chi connectivity index (χ0) is 16.9. The first-order valence-electron chi connectivity index (χ1n) is 7.86. The van der Waals surface area contributed by atoms with Crippen molar-refractivity contribution in [1.29, 1.82) is 0 Å². The van der Waals surface area contributed by atoms with Crippen LogP contribution < -0.4 is 5.32 Å². The van der Waals surface area contributed by atoms with Crippen molar-refractivity contribution in [3.05, 3.63) is 69.9 Å². The highest BCUT2D eigenvalue weighted by atomic mass is 32.1. The molecule has 1 amide bonds. The van der Waals surface area contributed by atoms with Gasteiger partial charge in [-0.3, -0.25) is 9.48 Å². The maximum absolute atomic E-state index is 12.5. The van der Waals surface area contributed by atoms with Gasteiger partial charge < -0.3 is 5.32 Å². The summed E-state index contributed by atoms with van der Waals surface area (Å²) in [6.45, 7) is 4.51. The normalized spacial score (nSPS) is 12.1. The maximum atomic E-state index is 12.5.